The zero-order valence-corrected chi connectivity index (χ0v) is 16.2. The predicted molar refractivity (Wildman–Crippen MR) is 114 cm³/mol. The Morgan fingerprint density at radius 1 is 0.966 bits per heavy atom. The Labute approximate surface area is 168 Å². The van der Waals surface area contributed by atoms with Crippen molar-refractivity contribution < 1.29 is 13.9 Å². The molecule has 1 aromatic heterocycles. The molecule has 0 aliphatic rings. The van der Waals surface area contributed by atoms with Crippen LogP contribution in [0, 0.1) is 6.92 Å². The fourth-order valence-corrected chi connectivity index (χ4v) is 3.05. The van der Waals surface area contributed by atoms with E-state index in [2.05, 4.69) is 10.3 Å². The van der Waals surface area contributed by atoms with Crippen LogP contribution in [0.15, 0.2) is 88.3 Å². The summed E-state index contributed by atoms with van der Waals surface area (Å²) in [5.41, 5.74) is 3.51. The monoisotopic (exact) mass is 384 g/mol. The Morgan fingerprint density at radius 3 is 2.52 bits per heavy atom. The first-order valence-electron chi connectivity index (χ1n) is 9.23. The standard InChI is InChI=1S/C24H20N2O3/c1-16-9-3-5-11-19(16)25-23(27)18-15-17-10-4-7-13-21(17)29-24(18)26-20-12-6-8-14-22(20)28-2/h3-15H,1-2H3,(H,25,27). The molecular weight excluding hydrogens is 364 g/mol. The second-order valence-corrected chi connectivity index (χ2v) is 6.56. The van der Waals surface area contributed by atoms with E-state index in [4.69, 9.17) is 9.15 Å². The highest BCUT2D eigenvalue weighted by Gasteiger charge is 2.14. The van der Waals surface area contributed by atoms with Crippen molar-refractivity contribution in [3.05, 3.63) is 95.5 Å². The maximum atomic E-state index is 13.1. The topological polar surface area (TPSA) is 63.8 Å². The molecule has 1 amide bonds. The minimum atomic E-state index is -0.289. The average Bonchev–Trinajstić information content (AvgIpc) is 2.75. The highest BCUT2D eigenvalue weighted by atomic mass is 16.5. The minimum Gasteiger partial charge on any atom is -0.494 e. The van der Waals surface area contributed by atoms with E-state index < -0.39 is 0 Å². The fraction of sp³-hybridized carbons (Fsp3) is 0.0833. The molecule has 0 aliphatic carbocycles. The predicted octanol–water partition coefficient (Wildman–Crippen LogP) is 5.23. The summed E-state index contributed by atoms with van der Waals surface area (Å²) in [6, 6.07) is 24.3. The van der Waals surface area contributed by atoms with E-state index in [-0.39, 0.29) is 11.5 Å². The summed E-state index contributed by atoms with van der Waals surface area (Å²) in [6.07, 6.45) is 0. The molecule has 29 heavy (non-hydrogen) atoms. The van der Waals surface area contributed by atoms with Crippen molar-refractivity contribution in [1.29, 1.82) is 0 Å². The lowest BCUT2D eigenvalue weighted by Crippen LogP contribution is -2.22. The van der Waals surface area contributed by atoms with Crippen LogP contribution in [0.3, 0.4) is 0 Å². The lowest BCUT2D eigenvalue weighted by molar-refractivity contribution is 0.102. The van der Waals surface area contributed by atoms with Crippen LogP contribution in [-0.2, 0) is 0 Å². The SMILES string of the molecule is COc1ccccc1N=c1oc2ccccc2cc1C(=O)Nc1ccccc1C. The Bertz CT molecular complexity index is 1260. The molecule has 0 unspecified atom stereocenters. The van der Waals surface area contributed by atoms with E-state index in [0.29, 0.717) is 22.6 Å². The van der Waals surface area contributed by atoms with Crippen molar-refractivity contribution in [1.82, 2.24) is 0 Å². The molecule has 0 radical (unpaired) electrons. The second-order valence-electron chi connectivity index (χ2n) is 6.56. The largest absolute Gasteiger partial charge is 0.494 e. The van der Waals surface area contributed by atoms with E-state index in [1.807, 2.05) is 79.7 Å². The molecule has 5 nitrogen and oxygen atoms in total. The molecule has 0 aliphatic heterocycles. The van der Waals surface area contributed by atoms with Crippen LogP contribution < -0.4 is 15.6 Å². The smallest absolute Gasteiger partial charge is 0.261 e. The van der Waals surface area contributed by atoms with Gasteiger partial charge in [-0.25, -0.2) is 4.99 Å². The second kappa shape index (κ2) is 8.02. The van der Waals surface area contributed by atoms with E-state index in [0.717, 1.165) is 16.6 Å². The van der Waals surface area contributed by atoms with Gasteiger partial charge < -0.3 is 14.5 Å². The third-order valence-corrected chi connectivity index (χ3v) is 4.60. The first-order chi connectivity index (χ1) is 14.2. The van der Waals surface area contributed by atoms with Crippen molar-refractivity contribution in [3.63, 3.8) is 0 Å². The van der Waals surface area contributed by atoms with Crippen LogP contribution in [0.4, 0.5) is 11.4 Å². The number of hydrogen-bond acceptors (Lipinski definition) is 4. The highest BCUT2D eigenvalue weighted by Crippen LogP contribution is 2.26. The molecule has 1 N–H and O–H groups in total. The van der Waals surface area contributed by atoms with Gasteiger partial charge in [-0.3, -0.25) is 4.79 Å². The van der Waals surface area contributed by atoms with Crippen LogP contribution in [0.2, 0.25) is 0 Å². The number of para-hydroxylation sites is 4. The Morgan fingerprint density at radius 2 is 1.69 bits per heavy atom. The van der Waals surface area contributed by atoms with Gasteiger partial charge in [0.2, 0.25) is 5.55 Å². The third-order valence-electron chi connectivity index (χ3n) is 4.60. The summed E-state index contributed by atoms with van der Waals surface area (Å²) in [5, 5.41) is 3.78. The molecule has 3 aromatic carbocycles. The van der Waals surface area contributed by atoms with Gasteiger partial charge in [0.05, 0.1) is 7.11 Å². The number of methoxy groups -OCH3 is 1. The molecule has 1 heterocycles. The average molecular weight is 384 g/mol. The first kappa shape index (κ1) is 18.5. The number of carbonyl (C=O) groups excluding carboxylic acids is 1. The number of aryl methyl sites for hydroxylation is 1. The zero-order valence-electron chi connectivity index (χ0n) is 16.2. The number of nitrogens with zero attached hydrogens (tertiary/aromatic N) is 1. The van der Waals surface area contributed by atoms with Gasteiger partial charge in [-0.15, -0.1) is 0 Å². The number of rotatable bonds is 4. The lowest BCUT2D eigenvalue weighted by atomic mass is 10.1. The highest BCUT2D eigenvalue weighted by molar-refractivity contribution is 6.05. The molecule has 5 heteroatoms. The maximum absolute atomic E-state index is 13.1. The van der Waals surface area contributed by atoms with Crippen LogP contribution in [0.1, 0.15) is 15.9 Å². The number of amides is 1. The summed E-state index contributed by atoms with van der Waals surface area (Å²) in [7, 11) is 1.58. The number of benzene rings is 3. The molecule has 4 rings (SSSR count). The van der Waals surface area contributed by atoms with Crippen LogP contribution in [0.5, 0.6) is 5.75 Å². The molecule has 0 fully saturated rings. The number of anilines is 1. The molecule has 0 saturated heterocycles. The molecule has 4 aromatic rings. The molecule has 0 bridgehead atoms. The van der Waals surface area contributed by atoms with Crippen molar-refractivity contribution in [2.75, 3.05) is 12.4 Å². The van der Waals surface area contributed by atoms with Gasteiger partial charge in [0, 0.05) is 11.1 Å². The van der Waals surface area contributed by atoms with Crippen molar-refractivity contribution in [3.8, 4) is 5.75 Å². The summed E-state index contributed by atoms with van der Waals surface area (Å²) < 4.78 is 11.4. The number of nitrogens with one attached hydrogen (secondary N) is 1. The maximum Gasteiger partial charge on any atom is 0.261 e. The van der Waals surface area contributed by atoms with Crippen LogP contribution in [0.25, 0.3) is 11.0 Å². The van der Waals surface area contributed by atoms with Gasteiger partial charge in [0.25, 0.3) is 5.91 Å². The van der Waals surface area contributed by atoms with Crippen LogP contribution in [-0.4, -0.2) is 13.0 Å². The van der Waals surface area contributed by atoms with E-state index in [1.165, 1.54) is 0 Å². The summed E-state index contributed by atoms with van der Waals surface area (Å²) in [5.74, 6) is 0.309. The summed E-state index contributed by atoms with van der Waals surface area (Å²) >= 11 is 0. The van der Waals surface area contributed by atoms with Crippen LogP contribution >= 0.6 is 0 Å². The molecule has 144 valence electrons. The van der Waals surface area contributed by atoms with Gasteiger partial charge in [0.1, 0.15) is 22.6 Å². The van der Waals surface area contributed by atoms with Gasteiger partial charge in [-0.1, -0.05) is 48.5 Å². The Hall–Kier alpha value is -3.86. The van der Waals surface area contributed by atoms with Gasteiger partial charge in [-0.2, -0.15) is 0 Å². The molecule has 0 spiro atoms. The van der Waals surface area contributed by atoms with E-state index in [9.17, 15) is 4.79 Å². The van der Waals surface area contributed by atoms with E-state index in [1.54, 1.807) is 13.2 Å². The zero-order chi connectivity index (χ0) is 20.2. The number of carbonyl (C=O) groups is 1. The minimum absolute atomic E-state index is 0.222. The van der Waals surface area contributed by atoms with Gasteiger partial charge in [-0.05, 0) is 42.8 Å². The Balaban J connectivity index is 1.88. The van der Waals surface area contributed by atoms with Crippen molar-refractivity contribution >= 4 is 28.3 Å². The Kier molecular flexibility index (Phi) is 5.12. The third kappa shape index (κ3) is 3.89. The van der Waals surface area contributed by atoms with Gasteiger partial charge in [0.15, 0.2) is 0 Å². The normalized spacial score (nSPS) is 11.4. The number of fused-ring (bicyclic) bond motifs is 1. The number of ether oxygens (including phenoxy) is 1. The van der Waals surface area contributed by atoms with Gasteiger partial charge >= 0.3 is 0 Å². The van der Waals surface area contributed by atoms with Crippen molar-refractivity contribution in [2.24, 2.45) is 4.99 Å². The first-order valence-corrected chi connectivity index (χ1v) is 9.23. The summed E-state index contributed by atoms with van der Waals surface area (Å²) in [4.78, 5) is 17.7. The quantitative estimate of drug-likeness (QED) is 0.524. The van der Waals surface area contributed by atoms with Crippen molar-refractivity contribution in [2.45, 2.75) is 6.92 Å². The molecule has 0 atom stereocenters. The van der Waals surface area contributed by atoms with E-state index >= 15 is 0 Å². The lowest BCUT2D eigenvalue weighted by Gasteiger charge is -2.09. The number of hydrogen-bond donors (Lipinski definition) is 1. The fourth-order valence-electron chi connectivity index (χ4n) is 3.05. The molecule has 0 saturated carbocycles. The molecular formula is C24H20N2O3. The summed E-state index contributed by atoms with van der Waals surface area (Å²) in [6.45, 7) is 1.94.